The van der Waals surface area contributed by atoms with Crippen LogP contribution >= 0.6 is 45.2 Å². The number of ether oxygens (including phenoxy) is 1. The molecule has 8 heavy (non-hydrogen) atoms. The maximum atomic E-state index is 5.04. The van der Waals surface area contributed by atoms with Gasteiger partial charge >= 0.3 is 0 Å². The summed E-state index contributed by atoms with van der Waals surface area (Å²) < 4.78 is 8.80. The zero-order chi connectivity index (χ0) is 6.24. The van der Waals surface area contributed by atoms with Gasteiger partial charge in [-0.3, -0.25) is 0 Å². The van der Waals surface area contributed by atoms with E-state index in [2.05, 4.69) is 32.4 Å². The highest BCUT2D eigenvalue weighted by atomic mass is 127. The van der Waals surface area contributed by atoms with E-state index < -0.39 is 0 Å². The topological polar surface area (TPSA) is 9.23 Å². The molecule has 0 saturated heterocycles. The van der Waals surface area contributed by atoms with Gasteiger partial charge in [0.05, 0.1) is 6.61 Å². The predicted molar refractivity (Wildman–Crippen MR) is 51.5 cm³/mol. The van der Waals surface area contributed by atoms with Gasteiger partial charge < -0.3 is 4.74 Å². The van der Waals surface area contributed by atoms with Crippen LogP contribution in [0.2, 0.25) is 0 Å². The average molecular weight is 336 g/mol. The molecule has 0 saturated carbocycles. The number of rotatable bonds is 3. The number of hydrogen-bond acceptors (Lipinski definition) is 1. The van der Waals surface area contributed by atoms with Crippen LogP contribution < -0.4 is 0 Å². The minimum atomic E-state index is 0.575. The third-order valence-corrected chi connectivity index (χ3v) is 1.28. The van der Waals surface area contributed by atoms with Crippen molar-refractivity contribution in [1.29, 1.82) is 0 Å². The first-order chi connectivity index (χ1) is 3.91. The fraction of sp³-hybridized carbons (Fsp3) is 0.600. The Hall–Kier alpha value is 0.980. The van der Waals surface area contributed by atoms with Gasteiger partial charge in [0.1, 0.15) is 6.61 Å². The van der Waals surface area contributed by atoms with Crippen molar-refractivity contribution in [2.24, 2.45) is 0 Å². The van der Waals surface area contributed by atoms with Gasteiger partial charge in [-0.05, 0) is 3.93 Å². The Kier molecular flexibility index (Phi) is 8.96. The average Bonchev–Trinajstić information content (AvgIpc) is 1.81. The molecular weight excluding hydrogens is 330 g/mol. The highest BCUT2D eigenvalue weighted by molar-refractivity contribution is 14.1. The van der Waals surface area contributed by atoms with Gasteiger partial charge in [0.15, 0.2) is 0 Å². The van der Waals surface area contributed by atoms with Gasteiger partial charge in [-0.25, -0.2) is 0 Å². The van der Waals surface area contributed by atoms with Gasteiger partial charge in [0.25, 0.3) is 0 Å². The van der Waals surface area contributed by atoms with Crippen LogP contribution in [-0.2, 0) is 4.74 Å². The summed E-state index contributed by atoms with van der Waals surface area (Å²) in [4.78, 5) is 0. The van der Waals surface area contributed by atoms with E-state index in [1.54, 1.807) is 0 Å². The van der Waals surface area contributed by atoms with Gasteiger partial charge in [0, 0.05) is 27.0 Å². The monoisotopic (exact) mass is 336 g/mol. The van der Waals surface area contributed by atoms with E-state index in [4.69, 9.17) is 4.74 Å². The minimum Gasteiger partial charge on any atom is -0.368 e. The van der Waals surface area contributed by atoms with E-state index in [0.717, 1.165) is 11.0 Å². The Bertz CT molecular complexity index is 92.3. The van der Waals surface area contributed by atoms with Crippen LogP contribution in [0.15, 0.2) is 0 Å². The molecule has 0 aromatic heterocycles. The second kappa shape index (κ2) is 7.98. The molecule has 46 valence electrons. The third kappa shape index (κ3) is 6.98. The molecule has 0 fully saturated rings. The molecule has 0 unspecified atom stereocenters. The summed E-state index contributed by atoms with van der Waals surface area (Å²) in [5, 5.41) is 0. The SMILES string of the molecule is IC#CCOCCI. The molecule has 0 atom stereocenters. The van der Waals surface area contributed by atoms with Crippen LogP contribution in [0.3, 0.4) is 0 Å². The lowest BCUT2D eigenvalue weighted by Gasteiger charge is -1.90. The van der Waals surface area contributed by atoms with Crippen molar-refractivity contribution in [3.63, 3.8) is 0 Å². The molecule has 0 aromatic rings. The fourth-order valence-corrected chi connectivity index (χ4v) is 0.672. The quantitative estimate of drug-likeness (QED) is 0.331. The molecule has 0 amide bonds. The van der Waals surface area contributed by atoms with Crippen molar-refractivity contribution < 1.29 is 4.74 Å². The Labute approximate surface area is 76.8 Å². The van der Waals surface area contributed by atoms with Gasteiger partial charge in [-0.15, -0.1) is 0 Å². The van der Waals surface area contributed by atoms with E-state index in [-0.39, 0.29) is 0 Å². The van der Waals surface area contributed by atoms with E-state index in [9.17, 15) is 0 Å². The molecule has 0 aliphatic heterocycles. The molecule has 0 heterocycles. The van der Waals surface area contributed by atoms with E-state index in [1.165, 1.54) is 0 Å². The van der Waals surface area contributed by atoms with Gasteiger partial charge in [-0.1, -0.05) is 28.5 Å². The highest BCUT2D eigenvalue weighted by Crippen LogP contribution is 1.81. The van der Waals surface area contributed by atoms with Crippen molar-refractivity contribution in [1.82, 2.24) is 0 Å². The zero-order valence-corrected chi connectivity index (χ0v) is 8.60. The first kappa shape index (κ1) is 8.98. The molecule has 0 rings (SSSR count). The van der Waals surface area contributed by atoms with Crippen LogP contribution in [0.4, 0.5) is 0 Å². The lowest BCUT2D eigenvalue weighted by atomic mass is 10.7. The molecule has 0 bridgehead atoms. The standard InChI is InChI=1S/C5H6I2O/c6-2-1-4-8-5-3-7/h3-5H2. The van der Waals surface area contributed by atoms with Crippen molar-refractivity contribution in [2.75, 3.05) is 17.6 Å². The second-order valence-corrected chi connectivity index (χ2v) is 2.63. The lowest BCUT2D eigenvalue weighted by molar-refractivity contribution is 0.187. The normalized spacial score (nSPS) is 7.75. The number of hydrogen-bond donors (Lipinski definition) is 0. The molecule has 0 aromatic carbocycles. The first-order valence-electron chi connectivity index (χ1n) is 2.14. The van der Waals surface area contributed by atoms with Crippen LogP contribution in [0.25, 0.3) is 0 Å². The highest BCUT2D eigenvalue weighted by Gasteiger charge is 1.77. The Morgan fingerprint density at radius 1 is 1.50 bits per heavy atom. The third-order valence-electron chi connectivity index (χ3n) is 0.463. The van der Waals surface area contributed by atoms with Crippen LogP contribution in [0.1, 0.15) is 0 Å². The summed E-state index contributed by atoms with van der Waals surface area (Å²) in [5.74, 6) is 2.79. The van der Waals surface area contributed by atoms with Crippen molar-refractivity contribution in [3.8, 4) is 9.85 Å². The first-order valence-corrected chi connectivity index (χ1v) is 4.74. The molecule has 3 heteroatoms. The van der Waals surface area contributed by atoms with E-state index >= 15 is 0 Å². The fourth-order valence-electron chi connectivity index (χ4n) is 0.205. The Morgan fingerprint density at radius 3 is 2.75 bits per heavy atom. The van der Waals surface area contributed by atoms with Crippen molar-refractivity contribution >= 4 is 45.2 Å². The number of halogens is 2. The summed E-state index contributed by atoms with van der Waals surface area (Å²) >= 11 is 4.26. The van der Waals surface area contributed by atoms with Crippen LogP contribution in [0, 0.1) is 9.85 Å². The van der Waals surface area contributed by atoms with Crippen LogP contribution in [0.5, 0.6) is 0 Å². The van der Waals surface area contributed by atoms with Crippen LogP contribution in [-0.4, -0.2) is 17.6 Å². The number of alkyl halides is 1. The van der Waals surface area contributed by atoms with Gasteiger partial charge in [-0.2, -0.15) is 0 Å². The minimum absolute atomic E-state index is 0.575. The second-order valence-electron chi connectivity index (χ2n) is 1.01. The summed E-state index contributed by atoms with van der Waals surface area (Å²) in [6.07, 6.45) is 0. The molecular formula is C5H6I2O. The maximum Gasteiger partial charge on any atom is 0.108 e. The Morgan fingerprint density at radius 2 is 2.25 bits per heavy atom. The molecule has 0 radical (unpaired) electrons. The molecule has 1 nitrogen and oxygen atoms in total. The summed E-state index contributed by atoms with van der Waals surface area (Å²) in [5.41, 5.74) is 0. The smallest absolute Gasteiger partial charge is 0.108 e. The Balaban J connectivity index is 2.79. The molecule has 0 spiro atoms. The summed E-state index contributed by atoms with van der Waals surface area (Å²) in [6.45, 7) is 1.39. The summed E-state index contributed by atoms with van der Waals surface area (Å²) in [7, 11) is 0. The maximum absolute atomic E-state index is 5.04. The largest absolute Gasteiger partial charge is 0.368 e. The predicted octanol–water partition coefficient (Wildman–Crippen LogP) is 1.83. The van der Waals surface area contributed by atoms with E-state index in [1.807, 2.05) is 22.6 Å². The molecule has 0 aliphatic carbocycles. The molecule has 0 N–H and O–H groups in total. The zero-order valence-electron chi connectivity index (χ0n) is 4.29. The lowest BCUT2D eigenvalue weighted by Crippen LogP contribution is -1.93. The van der Waals surface area contributed by atoms with E-state index in [0.29, 0.717) is 6.61 Å². The molecule has 0 aliphatic rings. The van der Waals surface area contributed by atoms with Crippen molar-refractivity contribution in [3.05, 3.63) is 0 Å². The van der Waals surface area contributed by atoms with Crippen molar-refractivity contribution in [2.45, 2.75) is 0 Å². The van der Waals surface area contributed by atoms with Gasteiger partial charge in [0.2, 0.25) is 0 Å². The summed E-state index contributed by atoms with van der Waals surface area (Å²) in [6, 6.07) is 0.